The van der Waals surface area contributed by atoms with Crippen LogP contribution in [-0.4, -0.2) is 11.1 Å². The number of benzene rings is 3. The van der Waals surface area contributed by atoms with Gasteiger partial charge in [0.15, 0.2) is 11.5 Å². The van der Waals surface area contributed by atoms with E-state index in [1.54, 1.807) is 18.2 Å². The zero-order valence-electron chi connectivity index (χ0n) is 15.5. The Morgan fingerprint density at radius 1 is 1.10 bits per heavy atom. The van der Waals surface area contributed by atoms with Gasteiger partial charge in [0.25, 0.3) is 0 Å². The quantitative estimate of drug-likeness (QED) is 0.383. The van der Waals surface area contributed by atoms with Crippen molar-refractivity contribution in [2.45, 2.75) is 12.6 Å². The molecule has 0 aromatic heterocycles. The van der Waals surface area contributed by atoms with E-state index in [1.807, 2.05) is 6.07 Å². The van der Waals surface area contributed by atoms with Gasteiger partial charge in [-0.05, 0) is 47.9 Å². The fourth-order valence-electron chi connectivity index (χ4n) is 3.31. The van der Waals surface area contributed by atoms with Crippen molar-refractivity contribution in [3.05, 3.63) is 81.4 Å². The Hall–Kier alpha value is -3.70. The summed E-state index contributed by atoms with van der Waals surface area (Å²) >= 11 is 5.79. The number of alkyl halides is 3. The summed E-state index contributed by atoms with van der Waals surface area (Å²) in [4.78, 5) is 11.5. The molecular weight excluding hydrogens is 433 g/mol. The largest absolute Gasteiger partial charge is 0.478 e. The summed E-state index contributed by atoms with van der Waals surface area (Å²) in [6.45, 7) is 0. The van der Waals surface area contributed by atoms with Crippen LogP contribution in [-0.2, 0) is 12.6 Å². The van der Waals surface area contributed by atoms with Gasteiger partial charge in [-0.25, -0.2) is 4.79 Å². The molecule has 0 aliphatic carbocycles. The molecule has 0 radical (unpaired) electrons. The van der Waals surface area contributed by atoms with Gasteiger partial charge in [-0.15, -0.1) is 0 Å². The molecule has 0 bridgehead atoms. The highest BCUT2D eigenvalue weighted by Gasteiger charge is 2.33. The van der Waals surface area contributed by atoms with Crippen LogP contribution in [0.2, 0.25) is 5.02 Å². The summed E-state index contributed by atoms with van der Waals surface area (Å²) in [7, 11) is 0. The Balaban J connectivity index is 1.64. The first-order chi connectivity index (χ1) is 14.7. The molecule has 0 fully saturated rings. The Kier molecular flexibility index (Phi) is 4.99. The Bertz CT molecular complexity index is 1270. The van der Waals surface area contributed by atoms with Crippen molar-refractivity contribution in [1.82, 2.24) is 0 Å². The van der Waals surface area contributed by atoms with Gasteiger partial charge < -0.3 is 15.2 Å². The number of carboxylic acid groups (broad SMARTS) is 1. The second kappa shape index (κ2) is 7.52. The highest BCUT2D eigenvalue weighted by molar-refractivity contribution is 6.31. The lowest BCUT2D eigenvalue weighted by atomic mass is 10.0. The van der Waals surface area contributed by atoms with Gasteiger partial charge in [0, 0.05) is 6.07 Å². The molecule has 1 aliphatic rings. The molecule has 3 aromatic rings. The molecule has 1 heterocycles. The average Bonchev–Trinajstić information content (AvgIpc) is 2.70. The van der Waals surface area contributed by atoms with Gasteiger partial charge in [0.1, 0.15) is 0 Å². The normalized spacial score (nSPS) is 12.1. The molecule has 2 N–H and O–H groups in total. The Morgan fingerprint density at radius 2 is 1.81 bits per heavy atom. The summed E-state index contributed by atoms with van der Waals surface area (Å²) < 4.78 is 44.5. The number of nitriles is 1. The SMILES string of the molecule is N#Cc1cc2c(c(C(=O)O)c1)Nc1ccc(Cc3ccc(C(F)(F)F)c(Cl)c3)cc1O2. The number of anilines is 2. The molecule has 31 heavy (non-hydrogen) atoms. The predicted molar refractivity (Wildman–Crippen MR) is 107 cm³/mol. The summed E-state index contributed by atoms with van der Waals surface area (Å²) in [6.07, 6.45) is -4.22. The third-order valence-electron chi connectivity index (χ3n) is 4.73. The topological polar surface area (TPSA) is 82.4 Å². The molecule has 5 nitrogen and oxygen atoms in total. The maximum Gasteiger partial charge on any atom is 0.417 e. The van der Waals surface area contributed by atoms with Crippen molar-refractivity contribution in [3.8, 4) is 17.6 Å². The third kappa shape index (κ3) is 4.00. The summed E-state index contributed by atoms with van der Waals surface area (Å²) in [6, 6.07) is 13.3. The molecule has 156 valence electrons. The molecule has 3 aromatic carbocycles. The molecule has 0 amide bonds. The highest BCUT2D eigenvalue weighted by Crippen LogP contribution is 2.45. The third-order valence-corrected chi connectivity index (χ3v) is 5.05. The molecule has 4 rings (SSSR count). The molecule has 9 heteroatoms. The lowest BCUT2D eigenvalue weighted by Gasteiger charge is -2.24. The minimum absolute atomic E-state index is 0.0943. The van der Waals surface area contributed by atoms with E-state index in [4.69, 9.17) is 21.6 Å². The minimum Gasteiger partial charge on any atom is -0.478 e. The fourth-order valence-corrected chi connectivity index (χ4v) is 3.62. The number of rotatable bonds is 3. The summed E-state index contributed by atoms with van der Waals surface area (Å²) in [5, 5.41) is 21.2. The van der Waals surface area contributed by atoms with Gasteiger partial charge >= 0.3 is 12.1 Å². The standard InChI is InChI=1S/C22H12ClF3N2O3/c23-16-7-11(1-3-15(16)22(24,25)26)5-12-2-4-17-18(8-12)31-19-9-13(10-27)6-14(21(29)30)20(19)28-17/h1-4,6-9,28H,5H2,(H,29,30). The van der Waals surface area contributed by atoms with E-state index >= 15 is 0 Å². The van der Waals surface area contributed by atoms with Crippen LogP contribution in [0, 0.1) is 11.3 Å². The smallest absolute Gasteiger partial charge is 0.417 e. The second-order valence-electron chi connectivity index (χ2n) is 6.86. The number of carboxylic acids is 1. The zero-order valence-corrected chi connectivity index (χ0v) is 16.3. The number of hydrogen-bond donors (Lipinski definition) is 2. The number of hydrogen-bond acceptors (Lipinski definition) is 4. The van der Waals surface area contributed by atoms with Gasteiger partial charge in [-0.1, -0.05) is 23.7 Å². The average molecular weight is 445 g/mol. The van der Waals surface area contributed by atoms with Crippen LogP contribution in [0.15, 0.2) is 48.5 Å². The molecule has 0 atom stereocenters. The highest BCUT2D eigenvalue weighted by atomic mass is 35.5. The van der Waals surface area contributed by atoms with Crippen molar-refractivity contribution in [2.75, 3.05) is 5.32 Å². The van der Waals surface area contributed by atoms with Crippen molar-refractivity contribution < 1.29 is 27.8 Å². The zero-order chi connectivity index (χ0) is 22.3. The van der Waals surface area contributed by atoms with Crippen molar-refractivity contribution in [1.29, 1.82) is 5.26 Å². The fraction of sp³-hybridized carbons (Fsp3) is 0.0909. The van der Waals surface area contributed by atoms with E-state index in [2.05, 4.69) is 5.32 Å². The van der Waals surface area contributed by atoms with Gasteiger partial charge in [-0.2, -0.15) is 18.4 Å². The Morgan fingerprint density at radius 3 is 2.45 bits per heavy atom. The summed E-state index contributed by atoms with van der Waals surface area (Å²) in [5.41, 5.74) is 1.24. The first-order valence-electron chi connectivity index (χ1n) is 8.90. The first-order valence-corrected chi connectivity index (χ1v) is 9.28. The Labute approximate surface area is 179 Å². The van der Waals surface area contributed by atoms with Gasteiger partial charge in [0.2, 0.25) is 0 Å². The van der Waals surface area contributed by atoms with E-state index in [0.717, 1.165) is 11.6 Å². The molecule has 0 unspecified atom stereocenters. The van der Waals surface area contributed by atoms with E-state index < -0.39 is 17.7 Å². The number of halogens is 4. The number of ether oxygens (including phenoxy) is 1. The second-order valence-corrected chi connectivity index (χ2v) is 7.27. The van der Waals surface area contributed by atoms with E-state index in [1.165, 1.54) is 24.3 Å². The minimum atomic E-state index is -4.52. The van der Waals surface area contributed by atoms with Crippen molar-refractivity contribution in [2.24, 2.45) is 0 Å². The van der Waals surface area contributed by atoms with Gasteiger partial charge in [-0.3, -0.25) is 0 Å². The molecular formula is C22H12ClF3N2O3. The molecule has 0 spiro atoms. The van der Waals surface area contributed by atoms with Crippen LogP contribution >= 0.6 is 11.6 Å². The van der Waals surface area contributed by atoms with Gasteiger partial charge in [0.05, 0.1) is 39.2 Å². The summed E-state index contributed by atoms with van der Waals surface area (Å²) in [5.74, 6) is -0.614. The first kappa shape index (κ1) is 20.6. The number of nitrogens with one attached hydrogen (secondary N) is 1. The maximum absolute atomic E-state index is 12.9. The molecule has 0 saturated heterocycles. The predicted octanol–water partition coefficient (Wildman–Crippen LogP) is 6.37. The molecule has 0 saturated carbocycles. The number of fused-ring (bicyclic) bond motifs is 2. The monoisotopic (exact) mass is 444 g/mol. The van der Waals surface area contributed by atoms with Crippen LogP contribution in [0.25, 0.3) is 0 Å². The number of nitrogens with zero attached hydrogens (tertiary/aromatic N) is 1. The van der Waals surface area contributed by atoms with E-state index in [0.29, 0.717) is 23.4 Å². The number of carbonyl (C=O) groups is 1. The van der Waals surface area contributed by atoms with Crippen LogP contribution in [0.3, 0.4) is 0 Å². The number of aromatic carboxylic acids is 1. The van der Waals surface area contributed by atoms with Crippen LogP contribution in [0.4, 0.5) is 24.5 Å². The van der Waals surface area contributed by atoms with E-state index in [9.17, 15) is 23.1 Å². The molecule has 1 aliphatic heterocycles. The lowest BCUT2D eigenvalue weighted by molar-refractivity contribution is -0.137. The lowest BCUT2D eigenvalue weighted by Crippen LogP contribution is -2.10. The van der Waals surface area contributed by atoms with Crippen molar-refractivity contribution in [3.63, 3.8) is 0 Å². The van der Waals surface area contributed by atoms with E-state index in [-0.39, 0.29) is 27.6 Å². The van der Waals surface area contributed by atoms with Crippen molar-refractivity contribution >= 4 is 28.9 Å². The van der Waals surface area contributed by atoms with Crippen LogP contribution in [0.5, 0.6) is 11.5 Å². The van der Waals surface area contributed by atoms with Crippen LogP contribution < -0.4 is 10.1 Å². The maximum atomic E-state index is 12.9. The van der Waals surface area contributed by atoms with Crippen LogP contribution in [0.1, 0.15) is 32.6 Å².